The van der Waals surface area contributed by atoms with Gasteiger partial charge in [0.1, 0.15) is 0 Å². The molecule has 7 heteroatoms. The minimum absolute atomic E-state index is 0.0424. The van der Waals surface area contributed by atoms with Crippen LogP contribution in [0.2, 0.25) is 0 Å². The number of furan rings is 1. The standard InChI is InChI=1S/C17H24N2O5/c1-23-12-17(3-4-17)16(22)19-6-5-18(8-13-2-7-24-11-13)9-14(10-19)15(20)21/h2,7,11,14H,3-6,8-10,12H2,1H3,(H,20,21)/t14-/m1/s1. The molecule has 0 radical (unpaired) electrons. The van der Waals surface area contributed by atoms with Crippen LogP contribution in [0.15, 0.2) is 23.0 Å². The van der Waals surface area contributed by atoms with E-state index < -0.39 is 17.3 Å². The van der Waals surface area contributed by atoms with Gasteiger partial charge in [-0.2, -0.15) is 0 Å². The smallest absolute Gasteiger partial charge is 0.309 e. The zero-order valence-corrected chi connectivity index (χ0v) is 13.9. The Morgan fingerprint density at radius 2 is 2.17 bits per heavy atom. The number of carbonyl (C=O) groups excluding carboxylic acids is 1. The Kier molecular flexibility index (Phi) is 4.91. The van der Waals surface area contributed by atoms with Crippen molar-refractivity contribution < 1.29 is 23.8 Å². The molecule has 0 aromatic carbocycles. The van der Waals surface area contributed by atoms with E-state index in [1.807, 2.05) is 6.07 Å². The molecule has 1 aromatic rings. The Labute approximate surface area is 141 Å². The van der Waals surface area contributed by atoms with Crippen molar-refractivity contribution in [1.29, 1.82) is 0 Å². The molecule has 3 rings (SSSR count). The maximum atomic E-state index is 12.8. The minimum atomic E-state index is -0.858. The van der Waals surface area contributed by atoms with Crippen molar-refractivity contribution >= 4 is 11.9 Å². The van der Waals surface area contributed by atoms with Crippen LogP contribution >= 0.6 is 0 Å². The van der Waals surface area contributed by atoms with Gasteiger partial charge < -0.3 is 19.2 Å². The number of carboxylic acids is 1. The van der Waals surface area contributed by atoms with Gasteiger partial charge in [0.05, 0.1) is 30.5 Å². The summed E-state index contributed by atoms with van der Waals surface area (Å²) in [4.78, 5) is 28.2. The van der Waals surface area contributed by atoms with Crippen LogP contribution < -0.4 is 0 Å². The topological polar surface area (TPSA) is 83.2 Å². The van der Waals surface area contributed by atoms with Gasteiger partial charge in [0, 0.05) is 45.4 Å². The van der Waals surface area contributed by atoms with Crippen molar-refractivity contribution in [3.63, 3.8) is 0 Å². The number of hydrogen-bond donors (Lipinski definition) is 1. The summed E-state index contributed by atoms with van der Waals surface area (Å²) in [5.74, 6) is -1.40. The lowest BCUT2D eigenvalue weighted by Crippen LogP contribution is -2.43. The number of carboxylic acid groups (broad SMARTS) is 1. The number of amides is 1. The zero-order chi connectivity index (χ0) is 17.2. The fourth-order valence-corrected chi connectivity index (χ4v) is 3.39. The summed E-state index contributed by atoms with van der Waals surface area (Å²) in [7, 11) is 1.60. The Morgan fingerprint density at radius 3 is 2.75 bits per heavy atom. The van der Waals surface area contributed by atoms with Crippen LogP contribution in [0, 0.1) is 11.3 Å². The summed E-state index contributed by atoms with van der Waals surface area (Å²) in [5.41, 5.74) is 0.592. The molecule has 1 saturated carbocycles. The summed E-state index contributed by atoms with van der Waals surface area (Å²) in [6.45, 7) is 2.95. The third kappa shape index (κ3) is 3.62. The average molecular weight is 336 g/mol. The first-order valence-corrected chi connectivity index (χ1v) is 8.28. The molecule has 1 amide bonds. The van der Waals surface area contributed by atoms with E-state index in [1.165, 1.54) is 0 Å². The van der Waals surface area contributed by atoms with Gasteiger partial charge in [-0.05, 0) is 18.9 Å². The molecule has 132 valence electrons. The summed E-state index contributed by atoms with van der Waals surface area (Å²) < 4.78 is 10.3. The highest BCUT2D eigenvalue weighted by atomic mass is 16.5. The second kappa shape index (κ2) is 6.94. The van der Waals surface area contributed by atoms with Crippen molar-refractivity contribution in [2.24, 2.45) is 11.3 Å². The molecule has 1 aliphatic carbocycles. The van der Waals surface area contributed by atoms with Crippen LogP contribution in [0.4, 0.5) is 0 Å². The molecule has 1 N–H and O–H groups in total. The molecule has 2 fully saturated rings. The number of aliphatic carboxylic acids is 1. The summed E-state index contributed by atoms with van der Waals surface area (Å²) >= 11 is 0. The van der Waals surface area contributed by atoms with Gasteiger partial charge >= 0.3 is 5.97 Å². The average Bonchev–Trinajstić information content (AvgIpc) is 3.22. The quantitative estimate of drug-likeness (QED) is 0.836. The molecule has 1 saturated heterocycles. The number of methoxy groups -OCH3 is 1. The lowest BCUT2D eigenvalue weighted by atomic mass is 10.0. The Hall–Kier alpha value is -1.86. The highest BCUT2D eigenvalue weighted by Gasteiger charge is 2.52. The lowest BCUT2D eigenvalue weighted by molar-refractivity contribution is -0.145. The van der Waals surface area contributed by atoms with Gasteiger partial charge in [0.2, 0.25) is 5.91 Å². The maximum absolute atomic E-state index is 12.8. The number of hydrogen-bond acceptors (Lipinski definition) is 5. The van der Waals surface area contributed by atoms with Crippen molar-refractivity contribution in [3.05, 3.63) is 24.2 Å². The van der Waals surface area contributed by atoms with Crippen molar-refractivity contribution in [2.45, 2.75) is 19.4 Å². The highest BCUT2D eigenvalue weighted by molar-refractivity contribution is 5.86. The summed E-state index contributed by atoms with van der Waals surface area (Å²) in [6.07, 6.45) is 4.93. The number of rotatable bonds is 6. The lowest BCUT2D eigenvalue weighted by Gasteiger charge is -2.26. The first kappa shape index (κ1) is 17.0. The minimum Gasteiger partial charge on any atom is -0.481 e. The fourth-order valence-electron chi connectivity index (χ4n) is 3.39. The number of ether oxygens (including phenoxy) is 1. The van der Waals surface area contributed by atoms with Crippen molar-refractivity contribution in [1.82, 2.24) is 9.80 Å². The van der Waals surface area contributed by atoms with Crippen LogP contribution in [0.3, 0.4) is 0 Å². The normalized spacial score (nSPS) is 23.7. The molecule has 1 atom stereocenters. The molecule has 2 aliphatic rings. The van der Waals surface area contributed by atoms with E-state index in [0.29, 0.717) is 32.8 Å². The molecule has 0 spiro atoms. The van der Waals surface area contributed by atoms with Crippen LogP contribution in [0.1, 0.15) is 18.4 Å². The molecule has 24 heavy (non-hydrogen) atoms. The summed E-state index contributed by atoms with van der Waals surface area (Å²) in [6, 6.07) is 1.88. The molecular weight excluding hydrogens is 312 g/mol. The van der Waals surface area contributed by atoms with E-state index in [0.717, 1.165) is 18.4 Å². The van der Waals surface area contributed by atoms with E-state index in [-0.39, 0.29) is 12.5 Å². The molecule has 0 bridgehead atoms. The van der Waals surface area contributed by atoms with Gasteiger partial charge in [0.15, 0.2) is 0 Å². The largest absolute Gasteiger partial charge is 0.481 e. The third-order valence-electron chi connectivity index (χ3n) is 4.96. The van der Waals surface area contributed by atoms with Crippen LogP contribution in [0.25, 0.3) is 0 Å². The predicted molar refractivity (Wildman–Crippen MR) is 85.2 cm³/mol. The summed E-state index contributed by atoms with van der Waals surface area (Å²) in [5, 5.41) is 9.52. The van der Waals surface area contributed by atoms with Gasteiger partial charge in [-0.25, -0.2) is 0 Å². The van der Waals surface area contributed by atoms with E-state index in [1.54, 1.807) is 24.5 Å². The fraction of sp³-hybridized carbons (Fsp3) is 0.647. The molecule has 7 nitrogen and oxygen atoms in total. The molecular formula is C17H24N2O5. The maximum Gasteiger partial charge on any atom is 0.309 e. The Bertz CT molecular complexity index is 582. The molecule has 2 heterocycles. The van der Waals surface area contributed by atoms with Crippen LogP contribution in [-0.4, -0.2) is 66.7 Å². The number of nitrogens with zero attached hydrogens (tertiary/aromatic N) is 2. The van der Waals surface area contributed by atoms with Gasteiger partial charge in [0.25, 0.3) is 0 Å². The molecule has 1 aliphatic heterocycles. The first-order valence-electron chi connectivity index (χ1n) is 8.28. The first-order chi connectivity index (χ1) is 11.5. The molecule has 0 unspecified atom stereocenters. The van der Waals surface area contributed by atoms with Crippen molar-refractivity contribution in [3.8, 4) is 0 Å². The SMILES string of the molecule is COCC1(C(=O)N2CCN(Cc3ccoc3)C[C@@H](C(=O)O)C2)CC1. The predicted octanol–water partition coefficient (Wildman–Crippen LogP) is 1.05. The zero-order valence-electron chi connectivity index (χ0n) is 13.9. The van der Waals surface area contributed by atoms with E-state index in [2.05, 4.69) is 4.90 Å². The van der Waals surface area contributed by atoms with Crippen LogP contribution in [0.5, 0.6) is 0 Å². The van der Waals surface area contributed by atoms with Gasteiger partial charge in [-0.1, -0.05) is 0 Å². The second-order valence-corrected chi connectivity index (χ2v) is 6.87. The second-order valence-electron chi connectivity index (χ2n) is 6.87. The number of carbonyl (C=O) groups is 2. The van der Waals surface area contributed by atoms with E-state index in [4.69, 9.17) is 9.15 Å². The Balaban J connectivity index is 1.69. The van der Waals surface area contributed by atoms with Gasteiger partial charge in [-0.3, -0.25) is 14.5 Å². The van der Waals surface area contributed by atoms with E-state index >= 15 is 0 Å². The third-order valence-corrected chi connectivity index (χ3v) is 4.96. The van der Waals surface area contributed by atoms with Crippen molar-refractivity contribution in [2.75, 3.05) is 39.9 Å². The highest BCUT2D eigenvalue weighted by Crippen LogP contribution is 2.47. The Morgan fingerprint density at radius 1 is 1.38 bits per heavy atom. The molecule has 1 aromatic heterocycles. The van der Waals surface area contributed by atoms with E-state index in [9.17, 15) is 14.7 Å². The van der Waals surface area contributed by atoms with Gasteiger partial charge in [-0.15, -0.1) is 0 Å². The van der Waals surface area contributed by atoms with Crippen LogP contribution in [-0.2, 0) is 20.9 Å². The monoisotopic (exact) mass is 336 g/mol.